The summed E-state index contributed by atoms with van der Waals surface area (Å²) >= 11 is 0. The third-order valence-corrected chi connectivity index (χ3v) is 2.88. The first kappa shape index (κ1) is 15.6. The van der Waals surface area contributed by atoms with Gasteiger partial charge in [-0.2, -0.15) is 5.10 Å². The number of nitrogens with zero attached hydrogens (tertiary/aromatic N) is 1. The Kier molecular flexibility index (Phi) is 5.54. The predicted molar refractivity (Wildman–Crippen MR) is 85.4 cm³/mol. The molecule has 0 aromatic heterocycles. The summed E-state index contributed by atoms with van der Waals surface area (Å²) in [4.78, 5) is 11.8. The molecule has 0 atom stereocenters. The molecule has 2 aromatic carbocycles. The van der Waals surface area contributed by atoms with Crippen molar-refractivity contribution in [1.29, 1.82) is 0 Å². The van der Waals surface area contributed by atoms with Gasteiger partial charge in [-0.05, 0) is 48.4 Å². The van der Waals surface area contributed by atoms with Crippen molar-refractivity contribution in [3.63, 3.8) is 0 Å². The minimum atomic E-state index is -0.461. The van der Waals surface area contributed by atoms with Crippen LogP contribution < -0.4 is 10.2 Å². The fourth-order valence-corrected chi connectivity index (χ4v) is 1.76. The van der Waals surface area contributed by atoms with Gasteiger partial charge in [0.2, 0.25) is 0 Å². The highest BCUT2D eigenvalue weighted by Gasteiger charge is 2.08. The quantitative estimate of drug-likeness (QED) is 0.636. The van der Waals surface area contributed by atoms with E-state index >= 15 is 0 Å². The molecule has 22 heavy (non-hydrogen) atoms. The van der Waals surface area contributed by atoms with Crippen LogP contribution in [-0.2, 0) is 0 Å². The SMILES string of the molecule is CCCOc1ccc(C=NNC(=O)c2ccccc2O)cc1. The second-order valence-corrected chi connectivity index (χ2v) is 4.63. The molecule has 0 saturated heterocycles. The Hall–Kier alpha value is -2.82. The van der Waals surface area contributed by atoms with Crippen molar-refractivity contribution in [1.82, 2.24) is 5.43 Å². The van der Waals surface area contributed by atoms with Crippen molar-refractivity contribution >= 4 is 12.1 Å². The highest BCUT2D eigenvalue weighted by atomic mass is 16.5. The van der Waals surface area contributed by atoms with Crippen LogP contribution in [0, 0.1) is 0 Å². The third-order valence-electron chi connectivity index (χ3n) is 2.88. The average Bonchev–Trinajstić information content (AvgIpc) is 2.54. The van der Waals surface area contributed by atoms with Gasteiger partial charge in [-0.3, -0.25) is 4.79 Å². The fourth-order valence-electron chi connectivity index (χ4n) is 1.76. The summed E-state index contributed by atoms with van der Waals surface area (Å²) < 4.78 is 5.48. The Bertz CT molecular complexity index is 651. The maximum absolute atomic E-state index is 11.8. The van der Waals surface area contributed by atoms with Gasteiger partial charge in [0.15, 0.2) is 0 Å². The Morgan fingerprint density at radius 2 is 1.95 bits per heavy atom. The van der Waals surface area contributed by atoms with Crippen LogP contribution in [-0.4, -0.2) is 23.8 Å². The predicted octanol–water partition coefficient (Wildman–Crippen LogP) is 2.94. The van der Waals surface area contributed by atoms with Crippen LogP contribution in [0.1, 0.15) is 29.3 Å². The lowest BCUT2D eigenvalue weighted by atomic mass is 10.2. The number of aromatic hydroxyl groups is 1. The van der Waals surface area contributed by atoms with E-state index in [1.807, 2.05) is 31.2 Å². The lowest BCUT2D eigenvalue weighted by Crippen LogP contribution is -2.17. The number of carbonyl (C=O) groups excluding carboxylic acids is 1. The number of hydrazone groups is 1. The topological polar surface area (TPSA) is 70.9 Å². The van der Waals surface area contributed by atoms with Gasteiger partial charge >= 0.3 is 0 Å². The molecule has 0 aliphatic heterocycles. The Balaban J connectivity index is 1.92. The smallest absolute Gasteiger partial charge is 0.275 e. The number of phenols is 1. The Morgan fingerprint density at radius 3 is 2.64 bits per heavy atom. The number of rotatable bonds is 6. The minimum absolute atomic E-state index is 0.0763. The molecule has 114 valence electrons. The van der Waals surface area contributed by atoms with Crippen molar-refractivity contribution in [2.75, 3.05) is 6.61 Å². The molecule has 0 fully saturated rings. The number of amides is 1. The molecular weight excluding hydrogens is 280 g/mol. The van der Waals surface area contributed by atoms with E-state index in [0.29, 0.717) is 6.61 Å². The molecule has 0 heterocycles. The molecule has 0 aliphatic carbocycles. The van der Waals surface area contributed by atoms with E-state index in [2.05, 4.69) is 10.5 Å². The fraction of sp³-hybridized carbons (Fsp3) is 0.176. The van der Waals surface area contributed by atoms with Gasteiger partial charge in [0.05, 0.1) is 18.4 Å². The number of phenolic OH excluding ortho intramolecular Hbond substituents is 1. The molecule has 2 aromatic rings. The summed E-state index contributed by atoms with van der Waals surface area (Å²) in [6.45, 7) is 2.73. The van der Waals surface area contributed by atoms with Crippen LogP contribution in [0.2, 0.25) is 0 Å². The molecule has 1 amide bonds. The van der Waals surface area contributed by atoms with Gasteiger partial charge in [-0.1, -0.05) is 19.1 Å². The normalized spacial score (nSPS) is 10.6. The van der Waals surface area contributed by atoms with E-state index in [1.54, 1.807) is 12.1 Å². The number of hydrogen-bond acceptors (Lipinski definition) is 4. The van der Waals surface area contributed by atoms with Crippen molar-refractivity contribution in [2.45, 2.75) is 13.3 Å². The summed E-state index contributed by atoms with van der Waals surface area (Å²) in [5.41, 5.74) is 3.39. The van der Waals surface area contributed by atoms with E-state index in [9.17, 15) is 9.90 Å². The molecule has 2 N–H and O–H groups in total. The first-order chi connectivity index (χ1) is 10.7. The lowest BCUT2D eigenvalue weighted by molar-refractivity contribution is 0.0952. The zero-order valence-corrected chi connectivity index (χ0v) is 12.3. The van der Waals surface area contributed by atoms with Gasteiger partial charge in [0.1, 0.15) is 11.5 Å². The van der Waals surface area contributed by atoms with E-state index in [0.717, 1.165) is 17.7 Å². The number of hydrogen-bond donors (Lipinski definition) is 2. The van der Waals surface area contributed by atoms with Gasteiger partial charge in [-0.25, -0.2) is 5.43 Å². The number of benzene rings is 2. The van der Waals surface area contributed by atoms with Crippen LogP contribution in [0.5, 0.6) is 11.5 Å². The van der Waals surface area contributed by atoms with E-state index in [1.165, 1.54) is 18.3 Å². The van der Waals surface area contributed by atoms with Crippen LogP contribution in [0.4, 0.5) is 0 Å². The summed E-state index contributed by atoms with van der Waals surface area (Å²) in [6.07, 6.45) is 2.49. The Morgan fingerprint density at radius 1 is 1.23 bits per heavy atom. The monoisotopic (exact) mass is 298 g/mol. The molecular formula is C17H18N2O3. The molecule has 5 heteroatoms. The molecule has 0 saturated carbocycles. The highest BCUT2D eigenvalue weighted by Crippen LogP contribution is 2.15. The number of carbonyl (C=O) groups is 1. The van der Waals surface area contributed by atoms with Crippen LogP contribution in [0.25, 0.3) is 0 Å². The van der Waals surface area contributed by atoms with Gasteiger partial charge in [0, 0.05) is 0 Å². The Labute approximate surface area is 129 Å². The highest BCUT2D eigenvalue weighted by molar-refractivity contribution is 5.97. The molecule has 0 bridgehead atoms. The molecule has 0 spiro atoms. The zero-order valence-electron chi connectivity index (χ0n) is 12.3. The van der Waals surface area contributed by atoms with Crippen LogP contribution >= 0.6 is 0 Å². The maximum atomic E-state index is 11.8. The van der Waals surface area contributed by atoms with Crippen molar-refractivity contribution < 1.29 is 14.6 Å². The molecule has 5 nitrogen and oxygen atoms in total. The van der Waals surface area contributed by atoms with Crippen molar-refractivity contribution in [3.05, 3.63) is 59.7 Å². The first-order valence-corrected chi connectivity index (χ1v) is 7.05. The van der Waals surface area contributed by atoms with Gasteiger partial charge in [-0.15, -0.1) is 0 Å². The van der Waals surface area contributed by atoms with Crippen molar-refractivity contribution in [2.24, 2.45) is 5.10 Å². The molecule has 2 rings (SSSR count). The summed E-state index contributed by atoms with van der Waals surface area (Å²) in [7, 11) is 0. The van der Waals surface area contributed by atoms with Crippen LogP contribution in [0.3, 0.4) is 0 Å². The number of nitrogens with one attached hydrogen (secondary N) is 1. The third kappa shape index (κ3) is 4.34. The van der Waals surface area contributed by atoms with Crippen molar-refractivity contribution in [3.8, 4) is 11.5 Å². The molecule has 0 radical (unpaired) electrons. The van der Waals surface area contributed by atoms with E-state index in [-0.39, 0.29) is 11.3 Å². The average molecular weight is 298 g/mol. The summed E-state index contributed by atoms with van der Waals surface area (Å²) in [6, 6.07) is 13.7. The molecule has 0 unspecified atom stereocenters. The maximum Gasteiger partial charge on any atom is 0.275 e. The first-order valence-electron chi connectivity index (χ1n) is 7.05. The zero-order chi connectivity index (χ0) is 15.8. The largest absolute Gasteiger partial charge is 0.507 e. The number of ether oxygens (including phenoxy) is 1. The standard InChI is InChI=1S/C17H18N2O3/c1-2-11-22-14-9-7-13(8-10-14)12-18-19-17(21)15-5-3-4-6-16(15)20/h3-10,12,20H,2,11H2,1H3,(H,19,21). The van der Waals surface area contributed by atoms with E-state index < -0.39 is 5.91 Å². The summed E-state index contributed by atoms with van der Waals surface area (Å²) in [5, 5.41) is 13.4. The second-order valence-electron chi connectivity index (χ2n) is 4.63. The lowest BCUT2D eigenvalue weighted by Gasteiger charge is -2.04. The minimum Gasteiger partial charge on any atom is -0.507 e. The number of para-hydroxylation sites is 1. The van der Waals surface area contributed by atoms with E-state index in [4.69, 9.17) is 4.74 Å². The summed E-state index contributed by atoms with van der Waals surface area (Å²) in [5.74, 6) is 0.266. The van der Waals surface area contributed by atoms with Gasteiger partial charge in [0.25, 0.3) is 5.91 Å². The van der Waals surface area contributed by atoms with Gasteiger partial charge < -0.3 is 9.84 Å². The second kappa shape index (κ2) is 7.83. The van der Waals surface area contributed by atoms with Crippen LogP contribution in [0.15, 0.2) is 53.6 Å². The molecule has 0 aliphatic rings.